The minimum atomic E-state index is 0.477. The first kappa shape index (κ1) is 14.0. The summed E-state index contributed by atoms with van der Waals surface area (Å²) in [6.45, 7) is 5.12. The summed E-state index contributed by atoms with van der Waals surface area (Å²) in [7, 11) is 0. The van der Waals surface area contributed by atoms with E-state index in [4.69, 9.17) is 4.74 Å². The Balaban J connectivity index is 2.07. The summed E-state index contributed by atoms with van der Waals surface area (Å²) in [6.07, 6.45) is 3.42. The summed E-state index contributed by atoms with van der Waals surface area (Å²) in [5.74, 6) is 1.53. The maximum atomic E-state index is 5.76. The SMILES string of the molecule is CC(C)NCc1ccc(Oc2cccnc2)c(Br)c1. The quantitative estimate of drug-likeness (QED) is 0.899. The highest BCUT2D eigenvalue weighted by Crippen LogP contribution is 2.30. The molecule has 0 aliphatic rings. The Morgan fingerprint density at radius 3 is 2.79 bits per heavy atom. The van der Waals surface area contributed by atoms with Gasteiger partial charge in [0.05, 0.1) is 10.7 Å². The predicted molar refractivity (Wildman–Crippen MR) is 80.4 cm³/mol. The number of rotatable bonds is 5. The second kappa shape index (κ2) is 6.68. The number of hydrogen-bond donors (Lipinski definition) is 1. The van der Waals surface area contributed by atoms with E-state index in [0.717, 1.165) is 22.5 Å². The smallest absolute Gasteiger partial charge is 0.145 e. The van der Waals surface area contributed by atoms with Gasteiger partial charge in [0.25, 0.3) is 0 Å². The fourth-order valence-corrected chi connectivity index (χ4v) is 2.10. The third-order valence-electron chi connectivity index (χ3n) is 2.57. The van der Waals surface area contributed by atoms with Crippen molar-refractivity contribution in [1.82, 2.24) is 10.3 Å². The van der Waals surface area contributed by atoms with Crippen LogP contribution in [0.25, 0.3) is 0 Å². The van der Waals surface area contributed by atoms with Crippen LogP contribution in [0.3, 0.4) is 0 Å². The van der Waals surface area contributed by atoms with E-state index in [2.05, 4.69) is 52.2 Å². The molecule has 1 heterocycles. The van der Waals surface area contributed by atoms with Crippen LogP contribution >= 0.6 is 15.9 Å². The summed E-state index contributed by atoms with van der Waals surface area (Å²) < 4.78 is 6.70. The zero-order valence-corrected chi connectivity index (χ0v) is 12.6. The van der Waals surface area contributed by atoms with Gasteiger partial charge in [0, 0.05) is 18.8 Å². The number of pyridine rings is 1. The molecule has 0 aliphatic carbocycles. The average molecular weight is 321 g/mol. The Kier molecular flexibility index (Phi) is 4.93. The highest BCUT2D eigenvalue weighted by molar-refractivity contribution is 9.10. The molecule has 100 valence electrons. The van der Waals surface area contributed by atoms with Crippen molar-refractivity contribution in [2.24, 2.45) is 0 Å². The van der Waals surface area contributed by atoms with E-state index in [0.29, 0.717) is 6.04 Å². The predicted octanol–water partition coefficient (Wildman–Crippen LogP) is 4.13. The van der Waals surface area contributed by atoms with Crippen LogP contribution in [0.5, 0.6) is 11.5 Å². The molecule has 0 saturated carbocycles. The Morgan fingerprint density at radius 2 is 2.16 bits per heavy atom. The molecule has 2 aromatic rings. The van der Waals surface area contributed by atoms with Gasteiger partial charge in [0.2, 0.25) is 0 Å². The van der Waals surface area contributed by atoms with Gasteiger partial charge in [-0.2, -0.15) is 0 Å². The molecule has 19 heavy (non-hydrogen) atoms. The van der Waals surface area contributed by atoms with E-state index in [1.807, 2.05) is 18.2 Å². The highest BCUT2D eigenvalue weighted by Gasteiger charge is 2.04. The minimum absolute atomic E-state index is 0.477. The van der Waals surface area contributed by atoms with Crippen LogP contribution in [-0.2, 0) is 6.54 Å². The van der Waals surface area contributed by atoms with Crippen molar-refractivity contribution in [3.8, 4) is 11.5 Å². The lowest BCUT2D eigenvalue weighted by molar-refractivity contribution is 0.476. The number of aromatic nitrogens is 1. The van der Waals surface area contributed by atoms with Gasteiger partial charge in [-0.25, -0.2) is 0 Å². The molecule has 0 spiro atoms. The third-order valence-corrected chi connectivity index (χ3v) is 3.19. The number of halogens is 1. The minimum Gasteiger partial charge on any atom is -0.455 e. The standard InChI is InChI=1S/C15H17BrN2O/c1-11(2)18-9-12-5-6-15(14(16)8-12)19-13-4-3-7-17-10-13/h3-8,10-11,18H,9H2,1-2H3. The van der Waals surface area contributed by atoms with E-state index < -0.39 is 0 Å². The molecule has 0 saturated heterocycles. The Morgan fingerprint density at radius 1 is 1.32 bits per heavy atom. The summed E-state index contributed by atoms with van der Waals surface area (Å²) in [6, 6.07) is 10.3. The Hall–Kier alpha value is -1.39. The van der Waals surface area contributed by atoms with Gasteiger partial charge in [0.15, 0.2) is 0 Å². The summed E-state index contributed by atoms with van der Waals surface area (Å²) in [4.78, 5) is 4.03. The molecule has 0 radical (unpaired) electrons. The van der Waals surface area contributed by atoms with Crippen LogP contribution in [0.15, 0.2) is 47.2 Å². The summed E-state index contributed by atoms with van der Waals surface area (Å²) in [5, 5.41) is 3.39. The molecule has 0 amide bonds. The van der Waals surface area contributed by atoms with E-state index in [1.54, 1.807) is 12.4 Å². The van der Waals surface area contributed by atoms with E-state index in [-0.39, 0.29) is 0 Å². The zero-order chi connectivity index (χ0) is 13.7. The average Bonchev–Trinajstić information content (AvgIpc) is 2.40. The highest BCUT2D eigenvalue weighted by atomic mass is 79.9. The number of ether oxygens (including phenoxy) is 1. The van der Waals surface area contributed by atoms with Gasteiger partial charge in [-0.3, -0.25) is 4.98 Å². The molecule has 0 bridgehead atoms. The molecule has 4 heteroatoms. The van der Waals surface area contributed by atoms with E-state index >= 15 is 0 Å². The van der Waals surface area contributed by atoms with Crippen molar-refractivity contribution in [2.75, 3.05) is 0 Å². The topological polar surface area (TPSA) is 34.1 Å². The van der Waals surface area contributed by atoms with Crippen molar-refractivity contribution in [1.29, 1.82) is 0 Å². The first-order valence-electron chi connectivity index (χ1n) is 6.25. The van der Waals surface area contributed by atoms with Crippen LogP contribution in [0.1, 0.15) is 19.4 Å². The van der Waals surface area contributed by atoms with Crippen molar-refractivity contribution in [3.05, 3.63) is 52.8 Å². The lowest BCUT2D eigenvalue weighted by Gasteiger charge is -2.11. The molecule has 0 atom stereocenters. The normalized spacial score (nSPS) is 10.7. The van der Waals surface area contributed by atoms with E-state index in [9.17, 15) is 0 Å². The maximum Gasteiger partial charge on any atom is 0.145 e. The Labute approximate surface area is 122 Å². The largest absolute Gasteiger partial charge is 0.455 e. The Bertz CT molecular complexity index is 529. The van der Waals surface area contributed by atoms with Gasteiger partial charge in [0.1, 0.15) is 11.5 Å². The zero-order valence-electron chi connectivity index (χ0n) is 11.1. The third kappa shape index (κ3) is 4.33. The second-order valence-electron chi connectivity index (χ2n) is 4.59. The van der Waals surface area contributed by atoms with Crippen LogP contribution < -0.4 is 10.1 Å². The lowest BCUT2D eigenvalue weighted by atomic mass is 10.2. The number of hydrogen-bond acceptors (Lipinski definition) is 3. The molecule has 0 aliphatic heterocycles. The van der Waals surface area contributed by atoms with Crippen LogP contribution in [0.2, 0.25) is 0 Å². The molecule has 0 fully saturated rings. The van der Waals surface area contributed by atoms with Crippen molar-refractivity contribution in [3.63, 3.8) is 0 Å². The van der Waals surface area contributed by atoms with Crippen LogP contribution in [0, 0.1) is 0 Å². The molecular weight excluding hydrogens is 304 g/mol. The fraction of sp³-hybridized carbons (Fsp3) is 0.267. The fourth-order valence-electron chi connectivity index (χ4n) is 1.59. The first-order valence-corrected chi connectivity index (χ1v) is 7.04. The van der Waals surface area contributed by atoms with Crippen molar-refractivity contribution in [2.45, 2.75) is 26.4 Å². The van der Waals surface area contributed by atoms with Gasteiger partial charge in [-0.05, 0) is 45.8 Å². The van der Waals surface area contributed by atoms with Crippen molar-refractivity contribution < 1.29 is 4.74 Å². The molecular formula is C15H17BrN2O. The van der Waals surface area contributed by atoms with Gasteiger partial charge >= 0.3 is 0 Å². The number of benzene rings is 1. The summed E-state index contributed by atoms with van der Waals surface area (Å²) in [5.41, 5.74) is 1.22. The lowest BCUT2D eigenvalue weighted by Crippen LogP contribution is -2.21. The second-order valence-corrected chi connectivity index (χ2v) is 5.45. The number of nitrogens with one attached hydrogen (secondary N) is 1. The maximum absolute atomic E-state index is 5.76. The molecule has 1 aromatic heterocycles. The van der Waals surface area contributed by atoms with E-state index in [1.165, 1.54) is 5.56 Å². The molecule has 1 aromatic carbocycles. The molecule has 1 N–H and O–H groups in total. The molecule has 2 rings (SSSR count). The van der Waals surface area contributed by atoms with Gasteiger partial charge in [-0.1, -0.05) is 19.9 Å². The van der Waals surface area contributed by atoms with Crippen molar-refractivity contribution >= 4 is 15.9 Å². The van der Waals surface area contributed by atoms with Crippen LogP contribution in [-0.4, -0.2) is 11.0 Å². The monoisotopic (exact) mass is 320 g/mol. The van der Waals surface area contributed by atoms with Gasteiger partial charge < -0.3 is 10.1 Å². The molecule has 0 unspecified atom stereocenters. The first-order chi connectivity index (χ1) is 9.15. The van der Waals surface area contributed by atoms with Gasteiger partial charge in [-0.15, -0.1) is 0 Å². The summed E-state index contributed by atoms with van der Waals surface area (Å²) >= 11 is 3.54. The number of nitrogens with zero attached hydrogens (tertiary/aromatic N) is 1. The molecule has 3 nitrogen and oxygen atoms in total. The van der Waals surface area contributed by atoms with Crippen LogP contribution in [0.4, 0.5) is 0 Å².